The van der Waals surface area contributed by atoms with Crippen molar-refractivity contribution >= 4 is 10.8 Å². The van der Waals surface area contributed by atoms with E-state index in [0.717, 1.165) is 0 Å². The molecule has 0 bridgehead atoms. The minimum absolute atomic E-state index is 0.138. The lowest BCUT2D eigenvalue weighted by Gasteiger charge is -2.24. The minimum atomic E-state index is -0.394. The molecule has 3 aromatic rings. The van der Waals surface area contributed by atoms with Crippen molar-refractivity contribution in [2.75, 3.05) is 27.1 Å². The molecular weight excluding hydrogens is 363 g/mol. The Morgan fingerprint density at radius 2 is 1.96 bits per heavy atom. The largest absolute Gasteiger partial charge is 0.497 e. The van der Waals surface area contributed by atoms with Crippen molar-refractivity contribution in [3.8, 4) is 28.8 Å². The van der Waals surface area contributed by atoms with Gasteiger partial charge in [-0.25, -0.2) is 9.37 Å². The van der Waals surface area contributed by atoms with Crippen LogP contribution in [0.4, 0.5) is 4.39 Å². The third-order valence-corrected chi connectivity index (χ3v) is 4.45. The molecule has 1 aromatic heterocycles. The molecule has 0 spiro atoms. The van der Waals surface area contributed by atoms with Crippen LogP contribution >= 0.6 is 0 Å². The fourth-order valence-corrected chi connectivity index (χ4v) is 3.19. The summed E-state index contributed by atoms with van der Waals surface area (Å²) in [6, 6.07) is 13.6. The maximum absolute atomic E-state index is 13.8. The van der Waals surface area contributed by atoms with Crippen LogP contribution < -0.4 is 9.47 Å². The molecular formula is C21H17FN2O4. The van der Waals surface area contributed by atoms with Crippen LogP contribution in [-0.4, -0.2) is 38.2 Å². The van der Waals surface area contributed by atoms with E-state index in [2.05, 4.69) is 11.1 Å². The number of hydrogen-bond donors (Lipinski definition) is 0. The summed E-state index contributed by atoms with van der Waals surface area (Å²) in [5.41, 5.74) is 1.22. The second-order valence-electron chi connectivity index (χ2n) is 6.27. The van der Waals surface area contributed by atoms with Gasteiger partial charge in [-0.3, -0.25) is 0 Å². The number of methoxy groups -OCH3 is 1. The third kappa shape index (κ3) is 3.48. The highest BCUT2D eigenvalue weighted by molar-refractivity contribution is 6.01. The highest BCUT2D eigenvalue weighted by Gasteiger charge is 2.22. The van der Waals surface area contributed by atoms with Crippen LogP contribution in [0, 0.1) is 17.1 Å². The molecule has 0 radical (unpaired) electrons. The van der Waals surface area contributed by atoms with Crippen molar-refractivity contribution in [1.29, 1.82) is 5.26 Å². The van der Waals surface area contributed by atoms with Crippen LogP contribution in [0.15, 0.2) is 42.5 Å². The van der Waals surface area contributed by atoms with Crippen LogP contribution in [0.3, 0.4) is 0 Å². The Hall–Kier alpha value is -3.21. The van der Waals surface area contributed by atoms with Gasteiger partial charge in [0.05, 0.1) is 20.3 Å². The first-order valence-electron chi connectivity index (χ1n) is 8.69. The number of rotatable bonds is 4. The third-order valence-electron chi connectivity index (χ3n) is 4.45. The van der Waals surface area contributed by atoms with Crippen LogP contribution in [0.1, 0.15) is 5.69 Å². The molecule has 7 heteroatoms. The number of ether oxygens (including phenoxy) is 4. The highest BCUT2D eigenvalue weighted by Crippen LogP contribution is 2.38. The molecule has 0 unspecified atom stereocenters. The van der Waals surface area contributed by atoms with E-state index in [4.69, 9.17) is 18.9 Å². The predicted octanol–water partition coefficient (Wildman–Crippen LogP) is 3.67. The van der Waals surface area contributed by atoms with Crippen molar-refractivity contribution in [3.63, 3.8) is 0 Å². The summed E-state index contributed by atoms with van der Waals surface area (Å²) >= 11 is 0. The van der Waals surface area contributed by atoms with Gasteiger partial charge in [-0.15, -0.1) is 0 Å². The number of hydrogen-bond acceptors (Lipinski definition) is 6. The standard InChI is InChI=1S/C21H17FN2O4/c1-25-15-5-6-17-18(8-15)20(13-3-2-4-14(22)7-13)19(9-23)24-21(17)28-16-10-26-12-27-11-16/h2-8,16H,10-12H2,1H3. The lowest BCUT2D eigenvalue weighted by atomic mass is 9.97. The van der Waals surface area contributed by atoms with Gasteiger partial charge >= 0.3 is 0 Å². The minimum Gasteiger partial charge on any atom is -0.497 e. The molecule has 142 valence electrons. The molecule has 0 N–H and O–H groups in total. The molecule has 0 amide bonds. The van der Waals surface area contributed by atoms with Crippen molar-refractivity contribution in [2.45, 2.75) is 6.10 Å². The topological polar surface area (TPSA) is 73.6 Å². The molecule has 4 rings (SSSR count). The van der Waals surface area contributed by atoms with Crippen molar-refractivity contribution in [1.82, 2.24) is 4.98 Å². The average molecular weight is 380 g/mol. The van der Waals surface area contributed by atoms with Gasteiger partial charge in [-0.1, -0.05) is 12.1 Å². The first kappa shape index (κ1) is 18.2. The fourth-order valence-electron chi connectivity index (χ4n) is 3.19. The smallest absolute Gasteiger partial charge is 0.223 e. The van der Waals surface area contributed by atoms with Crippen LogP contribution in [0.25, 0.3) is 21.9 Å². The van der Waals surface area contributed by atoms with Gasteiger partial charge in [0.15, 0.2) is 5.69 Å². The second-order valence-corrected chi connectivity index (χ2v) is 6.27. The number of pyridine rings is 1. The maximum Gasteiger partial charge on any atom is 0.223 e. The Balaban J connectivity index is 1.93. The summed E-state index contributed by atoms with van der Waals surface area (Å²) in [6.45, 7) is 0.965. The zero-order valence-electron chi connectivity index (χ0n) is 15.1. The summed E-state index contributed by atoms with van der Waals surface area (Å²) in [7, 11) is 1.56. The molecule has 1 saturated heterocycles. The molecule has 1 aliphatic rings. The van der Waals surface area contributed by atoms with E-state index in [1.54, 1.807) is 31.4 Å². The summed E-state index contributed by atoms with van der Waals surface area (Å²) in [6.07, 6.45) is -0.335. The average Bonchev–Trinajstić information content (AvgIpc) is 2.73. The van der Waals surface area contributed by atoms with Crippen molar-refractivity contribution in [2.24, 2.45) is 0 Å². The van der Waals surface area contributed by atoms with Gasteiger partial charge in [-0.05, 0) is 35.9 Å². The summed E-state index contributed by atoms with van der Waals surface area (Å²) < 4.78 is 35.7. The van der Waals surface area contributed by atoms with E-state index >= 15 is 0 Å². The van der Waals surface area contributed by atoms with Gasteiger partial charge in [0.1, 0.15) is 30.5 Å². The van der Waals surface area contributed by atoms with Gasteiger partial charge in [0.25, 0.3) is 0 Å². The molecule has 28 heavy (non-hydrogen) atoms. The Labute approximate surface area is 161 Å². The second kappa shape index (κ2) is 7.80. The Morgan fingerprint density at radius 1 is 1.14 bits per heavy atom. The predicted molar refractivity (Wildman–Crippen MR) is 99.6 cm³/mol. The molecule has 2 aromatic carbocycles. The zero-order valence-corrected chi connectivity index (χ0v) is 15.1. The number of nitrogens with zero attached hydrogens (tertiary/aromatic N) is 2. The Morgan fingerprint density at radius 3 is 2.68 bits per heavy atom. The summed E-state index contributed by atoms with van der Waals surface area (Å²) in [5, 5.41) is 11.1. The van der Waals surface area contributed by atoms with Crippen molar-refractivity contribution in [3.05, 3.63) is 54.0 Å². The first-order valence-corrected chi connectivity index (χ1v) is 8.69. The molecule has 0 saturated carbocycles. The first-order chi connectivity index (χ1) is 13.7. The Kier molecular flexibility index (Phi) is 5.06. The molecule has 0 aliphatic carbocycles. The van der Waals surface area contributed by atoms with E-state index in [9.17, 15) is 9.65 Å². The number of fused-ring (bicyclic) bond motifs is 1. The number of nitriles is 1. The van der Waals surface area contributed by atoms with Gasteiger partial charge in [-0.2, -0.15) is 5.26 Å². The lowest BCUT2D eigenvalue weighted by Crippen LogP contribution is -2.34. The van der Waals surface area contributed by atoms with E-state index < -0.39 is 5.82 Å². The normalized spacial score (nSPS) is 14.6. The number of benzene rings is 2. The maximum atomic E-state index is 13.8. The van der Waals surface area contributed by atoms with E-state index in [0.29, 0.717) is 46.7 Å². The SMILES string of the molecule is COc1ccc2c(OC3COCOC3)nc(C#N)c(-c3cccc(F)c3)c2c1. The zero-order chi connectivity index (χ0) is 19.5. The van der Waals surface area contributed by atoms with Crippen molar-refractivity contribution < 1.29 is 23.3 Å². The molecule has 6 nitrogen and oxygen atoms in total. The molecule has 0 atom stereocenters. The molecule has 2 heterocycles. The van der Waals surface area contributed by atoms with E-state index in [1.807, 2.05) is 6.07 Å². The Bertz CT molecular complexity index is 1060. The fraction of sp³-hybridized carbons (Fsp3) is 0.238. The molecule has 1 aliphatic heterocycles. The lowest BCUT2D eigenvalue weighted by molar-refractivity contribution is -0.144. The summed E-state index contributed by atoms with van der Waals surface area (Å²) in [5.74, 6) is 0.512. The van der Waals surface area contributed by atoms with E-state index in [1.165, 1.54) is 12.1 Å². The molecule has 1 fully saturated rings. The van der Waals surface area contributed by atoms with Gasteiger partial charge < -0.3 is 18.9 Å². The quantitative estimate of drug-likeness (QED) is 0.688. The number of aromatic nitrogens is 1. The number of halogens is 1. The van der Waals surface area contributed by atoms with Gasteiger partial charge in [0, 0.05) is 16.3 Å². The van der Waals surface area contributed by atoms with E-state index in [-0.39, 0.29) is 18.6 Å². The van der Waals surface area contributed by atoms with Crippen LogP contribution in [0.5, 0.6) is 11.6 Å². The summed E-state index contributed by atoms with van der Waals surface area (Å²) in [4.78, 5) is 4.42. The van der Waals surface area contributed by atoms with Crippen LogP contribution in [0.2, 0.25) is 0 Å². The van der Waals surface area contributed by atoms with Crippen LogP contribution in [-0.2, 0) is 9.47 Å². The van der Waals surface area contributed by atoms with Gasteiger partial charge in [0.2, 0.25) is 5.88 Å². The monoisotopic (exact) mass is 380 g/mol. The highest BCUT2D eigenvalue weighted by atomic mass is 19.1.